The summed E-state index contributed by atoms with van der Waals surface area (Å²) in [6.07, 6.45) is 0.975. The largest absolute Gasteiger partial charge is 0.479 e. The number of nitrogens with zero attached hydrogens (tertiary/aromatic N) is 1. The van der Waals surface area contributed by atoms with Gasteiger partial charge in [-0.25, -0.2) is 9.59 Å². The summed E-state index contributed by atoms with van der Waals surface area (Å²) in [4.78, 5) is 39.7. The topological polar surface area (TPSA) is 105 Å². The third-order valence-electron chi connectivity index (χ3n) is 7.56. The minimum absolute atomic E-state index is 0.0191. The quantitative estimate of drug-likeness (QED) is 0.659. The summed E-state index contributed by atoms with van der Waals surface area (Å²) >= 11 is 0. The predicted octanol–water partition coefficient (Wildman–Crippen LogP) is 3.40. The van der Waals surface area contributed by atoms with Crippen LogP contribution in [-0.4, -0.2) is 65.4 Å². The van der Waals surface area contributed by atoms with Crippen molar-refractivity contribution in [3.05, 3.63) is 59.7 Å². The summed E-state index contributed by atoms with van der Waals surface area (Å²) in [6.45, 7) is 3.65. The summed E-state index contributed by atoms with van der Waals surface area (Å²) < 4.78 is 11.1. The Morgan fingerprint density at radius 3 is 2.29 bits per heavy atom. The molecule has 2 aromatic rings. The minimum Gasteiger partial charge on any atom is -0.479 e. The number of alkyl carbamates (subject to hydrolysis) is 1. The van der Waals surface area contributed by atoms with Gasteiger partial charge in [-0.1, -0.05) is 48.5 Å². The molecule has 1 heterocycles. The number of carboxylic acid groups (broad SMARTS) is 1. The minimum atomic E-state index is -1.47. The first-order chi connectivity index (χ1) is 16.7. The van der Waals surface area contributed by atoms with Crippen molar-refractivity contribution in [3.63, 3.8) is 0 Å². The second kappa shape index (κ2) is 8.68. The molecule has 2 fully saturated rings. The maximum Gasteiger partial charge on any atom is 0.408 e. The van der Waals surface area contributed by atoms with Crippen LogP contribution in [-0.2, 0) is 19.1 Å². The fourth-order valence-corrected chi connectivity index (χ4v) is 5.34. The average Bonchev–Trinajstić information content (AvgIpc) is 3.66. The highest BCUT2D eigenvalue weighted by Gasteiger charge is 2.52. The van der Waals surface area contributed by atoms with Crippen LogP contribution < -0.4 is 5.32 Å². The number of carbonyl (C=O) groups is 3. The first-order valence-electron chi connectivity index (χ1n) is 12.0. The normalized spacial score (nSPS) is 23.1. The first kappa shape index (κ1) is 23.4. The molecule has 3 aliphatic rings. The molecular formula is C27H30N2O6. The Morgan fingerprint density at radius 2 is 1.71 bits per heavy atom. The lowest BCUT2D eigenvalue weighted by atomic mass is 9.92. The summed E-state index contributed by atoms with van der Waals surface area (Å²) in [7, 11) is 0. The monoisotopic (exact) mass is 478 g/mol. The molecular weight excluding hydrogens is 448 g/mol. The number of benzene rings is 2. The Kier molecular flexibility index (Phi) is 5.79. The van der Waals surface area contributed by atoms with Gasteiger partial charge in [-0.15, -0.1) is 0 Å². The molecule has 8 heteroatoms. The van der Waals surface area contributed by atoms with Crippen molar-refractivity contribution in [2.45, 2.75) is 43.7 Å². The molecule has 35 heavy (non-hydrogen) atoms. The van der Waals surface area contributed by atoms with Crippen molar-refractivity contribution in [1.82, 2.24) is 10.2 Å². The Hall–Kier alpha value is -3.39. The van der Waals surface area contributed by atoms with Gasteiger partial charge in [0, 0.05) is 12.5 Å². The number of nitrogens with one attached hydrogen (secondary N) is 1. The lowest BCUT2D eigenvalue weighted by Crippen LogP contribution is -2.64. The van der Waals surface area contributed by atoms with Crippen LogP contribution in [0.15, 0.2) is 48.5 Å². The van der Waals surface area contributed by atoms with Gasteiger partial charge in [0.25, 0.3) is 0 Å². The van der Waals surface area contributed by atoms with Crippen LogP contribution in [0.2, 0.25) is 0 Å². The van der Waals surface area contributed by atoms with Crippen LogP contribution in [0.1, 0.15) is 43.7 Å². The lowest BCUT2D eigenvalue weighted by molar-refractivity contribution is -0.178. The Bertz CT molecular complexity index is 1130. The molecule has 0 radical (unpaired) electrons. The smallest absolute Gasteiger partial charge is 0.408 e. The molecule has 8 nitrogen and oxygen atoms in total. The van der Waals surface area contributed by atoms with Crippen LogP contribution in [0.4, 0.5) is 4.79 Å². The molecule has 2 aliphatic carbocycles. The number of morpholine rings is 1. The van der Waals surface area contributed by atoms with Gasteiger partial charge < -0.3 is 24.8 Å². The maximum absolute atomic E-state index is 13.5. The number of fused-ring (bicyclic) bond motifs is 3. The number of aliphatic carboxylic acids is 1. The van der Waals surface area contributed by atoms with Gasteiger partial charge in [0.05, 0.1) is 13.2 Å². The first-order valence-corrected chi connectivity index (χ1v) is 12.0. The van der Waals surface area contributed by atoms with E-state index in [1.807, 2.05) is 24.3 Å². The van der Waals surface area contributed by atoms with Crippen LogP contribution >= 0.6 is 0 Å². The highest BCUT2D eigenvalue weighted by molar-refractivity contribution is 5.91. The van der Waals surface area contributed by atoms with Crippen LogP contribution in [0, 0.1) is 5.92 Å². The number of amides is 2. The second-order valence-electron chi connectivity index (χ2n) is 10.0. The molecule has 1 saturated heterocycles. The van der Waals surface area contributed by atoms with Gasteiger partial charge in [-0.3, -0.25) is 4.79 Å². The van der Waals surface area contributed by atoms with Gasteiger partial charge in [0.15, 0.2) is 5.60 Å². The number of hydrogen-bond donors (Lipinski definition) is 2. The van der Waals surface area contributed by atoms with Crippen LogP contribution in [0.5, 0.6) is 0 Å². The van der Waals surface area contributed by atoms with Crippen molar-refractivity contribution in [2.24, 2.45) is 5.92 Å². The van der Waals surface area contributed by atoms with Crippen molar-refractivity contribution >= 4 is 18.0 Å². The molecule has 184 valence electrons. The average molecular weight is 479 g/mol. The van der Waals surface area contributed by atoms with E-state index in [4.69, 9.17) is 9.47 Å². The molecule has 0 aromatic heterocycles. The fourth-order valence-electron chi connectivity index (χ4n) is 5.34. The molecule has 1 aliphatic heterocycles. The van der Waals surface area contributed by atoms with E-state index in [1.54, 1.807) is 6.92 Å². The van der Waals surface area contributed by atoms with Crippen LogP contribution in [0.25, 0.3) is 11.1 Å². The summed E-state index contributed by atoms with van der Waals surface area (Å²) in [5.41, 5.74) is 1.88. The zero-order valence-electron chi connectivity index (χ0n) is 20.0. The van der Waals surface area contributed by atoms with E-state index in [-0.39, 0.29) is 44.0 Å². The van der Waals surface area contributed by atoms with Crippen molar-refractivity contribution in [2.75, 3.05) is 26.3 Å². The van der Waals surface area contributed by atoms with Crippen LogP contribution in [0.3, 0.4) is 0 Å². The summed E-state index contributed by atoms with van der Waals surface area (Å²) in [5.74, 6) is -1.52. The van der Waals surface area contributed by atoms with Crippen molar-refractivity contribution in [1.29, 1.82) is 0 Å². The van der Waals surface area contributed by atoms with Crippen molar-refractivity contribution < 1.29 is 29.0 Å². The Balaban J connectivity index is 1.29. The molecule has 2 atom stereocenters. The van der Waals surface area contributed by atoms with E-state index < -0.39 is 23.2 Å². The van der Waals surface area contributed by atoms with E-state index in [2.05, 4.69) is 29.6 Å². The molecule has 1 saturated carbocycles. The summed E-state index contributed by atoms with van der Waals surface area (Å²) in [5, 5.41) is 12.4. The number of carbonyl (C=O) groups excluding carboxylic acids is 2. The zero-order valence-corrected chi connectivity index (χ0v) is 20.0. The molecule has 2 unspecified atom stereocenters. The molecule has 0 bridgehead atoms. The third kappa shape index (κ3) is 4.16. The standard InChI is InChI=1S/C27H30N2O6/c1-26(24(31)32)16-29(13-14-35-26)23(30)27(2,17-11-12-17)28-25(33)34-15-22-20-9-5-3-7-18(20)19-8-4-6-10-21(19)22/h3-10,17,22H,11-16H2,1-2H3,(H,28,33)(H,31,32). The zero-order chi connectivity index (χ0) is 24.8. The van der Waals surface area contributed by atoms with E-state index in [1.165, 1.54) is 11.8 Å². The SMILES string of the molecule is CC1(C(=O)O)CN(C(=O)C(C)(NC(=O)OCC2c3ccccc3-c3ccccc32)C2CC2)CCO1. The van der Waals surface area contributed by atoms with E-state index >= 15 is 0 Å². The second-order valence-corrected chi connectivity index (χ2v) is 10.0. The summed E-state index contributed by atoms with van der Waals surface area (Å²) in [6, 6.07) is 16.2. The van der Waals surface area contributed by atoms with E-state index in [0.29, 0.717) is 0 Å². The highest BCUT2D eigenvalue weighted by Crippen LogP contribution is 2.45. The number of hydrogen-bond acceptors (Lipinski definition) is 5. The molecule has 2 aromatic carbocycles. The predicted molar refractivity (Wildman–Crippen MR) is 128 cm³/mol. The Morgan fingerprint density at radius 1 is 1.11 bits per heavy atom. The molecule has 2 amide bonds. The molecule has 2 N–H and O–H groups in total. The molecule has 0 spiro atoms. The van der Waals surface area contributed by atoms with Gasteiger partial charge in [0.2, 0.25) is 5.91 Å². The number of carboxylic acids is 1. The van der Waals surface area contributed by atoms with E-state index in [0.717, 1.165) is 35.1 Å². The highest BCUT2D eigenvalue weighted by atomic mass is 16.5. The third-order valence-corrected chi connectivity index (χ3v) is 7.56. The van der Waals surface area contributed by atoms with Gasteiger partial charge >= 0.3 is 12.1 Å². The van der Waals surface area contributed by atoms with Crippen molar-refractivity contribution in [3.8, 4) is 11.1 Å². The lowest BCUT2D eigenvalue weighted by Gasteiger charge is -2.42. The number of rotatable bonds is 6. The Labute approximate surface area is 204 Å². The van der Waals surface area contributed by atoms with E-state index in [9.17, 15) is 19.5 Å². The number of ether oxygens (including phenoxy) is 2. The van der Waals surface area contributed by atoms with Gasteiger partial charge in [-0.05, 0) is 54.9 Å². The van der Waals surface area contributed by atoms with Gasteiger partial charge in [-0.2, -0.15) is 0 Å². The molecule has 5 rings (SSSR count). The van der Waals surface area contributed by atoms with Gasteiger partial charge in [0.1, 0.15) is 12.1 Å². The maximum atomic E-state index is 13.5. The fraction of sp³-hybridized carbons (Fsp3) is 0.444.